The van der Waals surface area contributed by atoms with Crippen LogP contribution in [-0.4, -0.2) is 23.4 Å². The highest BCUT2D eigenvalue weighted by atomic mass is 16.2. The van der Waals surface area contributed by atoms with Crippen LogP contribution in [0.15, 0.2) is 12.2 Å². The monoisotopic (exact) mass is 181 g/mol. The molecule has 0 aromatic rings. The van der Waals surface area contributed by atoms with Crippen molar-refractivity contribution in [3.63, 3.8) is 0 Å². The summed E-state index contributed by atoms with van der Waals surface area (Å²) in [4.78, 5) is 13.6. The Kier molecular flexibility index (Phi) is 4.00. The van der Waals surface area contributed by atoms with Crippen molar-refractivity contribution < 1.29 is 4.79 Å². The summed E-state index contributed by atoms with van der Waals surface area (Å²) in [6.45, 7) is 5.00. The molecule has 2 nitrogen and oxygen atoms in total. The van der Waals surface area contributed by atoms with Gasteiger partial charge in [-0.3, -0.25) is 4.79 Å². The predicted molar refractivity (Wildman–Crippen MR) is 54.5 cm³/mol. The summed E-state index contributed by atoms with van der Waals surface area (Å²) in [5.74, 6) is 0.189. The summed E-state index contributed by atoms with van der Waals surface area (Å²) in [6, 6.07) is 0.484. The molecule has 2 heteroatoms. The minimum Gasteiger partial charge on any atom is -0.336 e. The average molecular weight is 181 g/mol. The zero-order chi connectivity index (χ0) is 9.68. The third-order valence-electron chi connectivity index (χ3n) is 2.69. The lowest BCUT2D eigenvalue weighted by atomic mass is 10.00. The summed E-state index contributed by atoms with van der Waals surface area (Å²) in [6.07, 6.45) is 8.21. The molecule has 1 atom stereocenters. The van der Waals surface area contributed by atoms with Crippen molar-refractivity contribution in [2.24, 2.45) is 0 Å². The Balaban J connectivity index is 2.58. The first-order chi connectivity index (χ1) is 6.29. The normalized spacial score (nSPS) is 23.8. The van der Waals surface area contributed by atoms with Gasteiger partial charge >= 0.3 is 0 Å². The standard InChI is InChI=1S/C11H19NO/c1-3-7-11(13)12-9-6-5-8-10(12)4-2/h3,7,10H,4-6,8-9H2,1-2H3. The van der Waals surface area contributed by atoms with Crippen LogP contribution in [-0.2, 0) is 4.79 Å². The average Bonchev–Trinajstić information content (AvgIpc) is 2.18. The first-order valence-electron chi connectivity index (χ1n) is 5.23. The van der Waals surface area contributed by atoms with E-state index in [-0.39, 0.29) is 5.91 Å². The molecule has 74 valence electrons. The van der Waals surface area contributed by atoms with Crippen LogP contribution in [0.5, 0.6) is 0 Å². The van der Waals surface area contributed by atoms with Crippen LogP contribution in [0.2, 0.25) is 0 Å². The number of allylic oxidation sites excluding steroid dienone is 1. The van der Waals surface area contributed by atoms with Crippen LogP contribution in [0.4, 0.5) is 0 Å². The van der Waals surface area contributed by atoms with Gasteiger partial charge in [0.1, 0.15) is 0 Å². The second-order valence-electron chi connectivity index (χ2n) is 3.59. The molecule has 0 aromatic carbocycles. The third kappa shape index (κ3) is 2.58. The fraction of sp³-hybridized carbons (Fsp3) is 0.727. The molecule has 1 rings (SSSR count). The van der Waals surface area contributed by atoms with Crippen molar-refractivity contribution in [1.29, 1.82) is 0 Å². The van der Waals surface area contributed by atoms with Gasteiger partial charge in [-0.25, -0.2) is 0 Å². The summed E-state index contributed by atoms with van der Waals surface area (Å²) >= 11 is 0. The van der Waals surface area contributed by atoms with E-state index in [9.17, 15) is 4.79 Å². The van der Waals surface area contributed by atoms with E-state index < -0.39 is 0 Å². The molecular weight excluding hydrogens is 162 g/mol. The number of hydrogen-bond donors (Lipinski definition) is 0. The topological polar surface area (TPSA) is 20.3 Å². The zero-order valence-electron chi connectivity index (χ0n) is 8.62. The molecule has 0 saturated carbocycles. The number of rotatable bonds is 2. The molecule has 1 amide bonds. The molecular formula is C11H19NO. The predicted octanol–water partition coefficient (Wildman–Crippen LogP) is 2.35. The molecule has 1 saturated heterocycles. The smallest absolute Gasteiger partial charge is 0.246 e. The van der Waals surface area contributed by atoms with Crippen molar-refractivity contribution in [3.8, 4) is 0 Å². The summed E-state index contributed by atoms with van der Waals surface area (Å²) in [5, 5.41) is 0. The minimum atomic E-state index is 0.189. The maximum atomic E-state index is 11.6. The Hall–Kier alpha value is -0.790. The van der Waals surface area contributed by atoms with E-state index in [1.165, 1.54) is 19.3 Å². The molecule has 13 heavy (non-hydrogen) atoms. The van der Waals surface area contributed by atoms with Crippen LogP contribution >= 0.6 is 0 Å². The van der Waals surface area contributed by atoms with Gasteiger partial charge in [-0.1, -0.05) is 13.0 Å². The van der Waals surface area contributed by atoms with E-state index >= 15 is 0 Å². The molecule has 0 N–H and O–H groups in total. The Labute approximate surface area is 80.6 Å². The number of amides is 1. The largest absolute Gasteiger partial charge is 0.336 e. The number of likely N-dealkylation sites (tertiary alicyclic amines) is 1. The fourth-order valence-corrected chi connectivity index (χ4v) is 1.95. The first-order valence-corrected chi connectivity index (χ1v) is 5.23. The van der Waals surface area contributed by atoms with E-state index in [4.69, 9.17) is 0 Å². The zero-order valence-corrected chi connectivity index (χ0v) is 8.62. The quantitative estimate of drug-likeness (QED) is 0.599. The highest BCUT2D eigenvalue weighted by molar-refractivity contribution is 5.87. The molecule has 1 aliphatic rings. The third-order valence-corrected chi connectivity index (χ3v) is 2.69. The summed E-state index contributed by atoms with van der Waals surface area (Å²) < 4.78 is 0. The minimum absolute atomic E-state index is 0.189. The van der Waals surface area contributed by atoms with Crippen molar-refractivity contribution in [2.45, 2.75) is 45.6 Å². The van der Waals surface area contributed by atoms with Crippen LogP contribution in [0.25, 0.3) is 0 Å². The van der Waals surface area contributed by atoms with Gasteiger partial charge in [0.05, 0.1) is 0 Å². The molecule has 0 aliphatic carbocycles. The van der Waals surface area contributed by atoms with Gasteiger partial charge in [0.15, 0.2) is 0 Å². The maximum Gasteiger partial charge on any atom is 0.246 e. The van der Waals surface area contributed by atoms with E-state index in [1.54, 1.807) is 6.08 Å². The molecule has 1 aliphatic heterocycles. The number of hydrogen-bond acceptors (Lipinski definition) is 1. The van der Waals surface area contributed by atoms with Gasteiger partial charge in [-0.05, 0) is 38.7 Å². The Bertz CT molecular complexity index is 198. The number of carbonyl (C=O) groups is 1. The molecule has 0 spiro atoms. The molecule has 0 aromatic heterocycles. The van der Waals surface area contributed by atoms with Gasteiger partial charge in [0.25, 0.3) is 0 Å². The Morgan fingerprint density at radius 1 is 1.54 bits per heavy atom. The van der Waals surface area contributed by atoms with E-state index in [2.05, 4.69) is 6.92 Å². The van der Waals surface area contributed by atoms with Crippen molar-refractivity contribution in [2.75, 3.05) is 6.54 Å². The van der Waals surface area contributed by atoms with Crippen LogP contribution in [0.1, 0.15) is 39.5 Å². The Morgan fingerprint density at radius 2 is 2.31 bits per heavy atom. The van der Waals surface area contributed by atoms with Gasteiger partial charge in [0, 0.05) is 12.6 Å². The van der Waals surface area contributed by atoms with Gasteiger partial charge in [0.2, 0.25) is 5.91 Å². The lowest BCUT2D eigenvalue weighted by Crippen LogP contribution is -2.42. The molecule has 1 fully saturated rings. The molecule has 0 radical (unpaired) electrons. The van der Waals surface area contributed by atoms with Gasteiger partial charge in [-0.2, -0.15) is 0 Å². The SMILES string of the molecule is CC=CC(=O)N1CCCCC1CC. The van der Waals surface area contributed by atoms with Crippen molar-refractivity contribution in [3.05, 3.63) is 12.2 Å². The highest BCUT2D eigenvalue weighted by Gasteiger charge is 2.23. The number of piperidine rings is 1. The van der Waals surface area contributed by atoms with Crippen LogP contribution in [0.3, 0.4) is 0 Å². The van der Waals surface area contributed by atoms with Gasteiger partial charge in [-0.15, -0.1) is 0 Å². The fourth-order valence-electron chi connectivity index (χ4n) is 1.95. The molecule has 1 unspecified atom stereocenters. The van der Waals surface area contributed by atoms with Crippen LogP contribution in [0, 0.1) is 0 Å². The molecule has 0 bridgehead atoms. The highest BCUT2D eigenvalue weighted by Crippen LogP contribution is 2.19. The van der Waals surface area contributed by atoms with E-state index in [0.29, 0.717) is 6.04 Å². The maximum absolute atomic E-state index is 11.6. The Morgan fingerprint density at radius 3 is 2.92 bits per heavy atom. The second kappa shape index (κ2) is 5.05. The van der Waals surface area contributed by atoms with E-state index in [0.717, 1.165) is 13.0 Å². The lowest BCUT2D eigenvalue weighted by molar-refractivity contribution is -0.129. The van der Waals surface area contributed by atoms with Crippen molar-refractivity contribution >= 4 is 5.91 Å². The summed E-state index contributed by atoms with van der Waals surface area (Å²) in [7, 11) is 0. The van der Waals surface area contributed by atoms with E-state index in [1.807, 2.05) is 17.9 Å². The number of nitrogens with zero attached hydrogens (tertiary/aromatic N) is 1. The lowest BCUT2D eigenvalue weighted by Gasteiger charge is -2.34. The number of carbonyl (C=O) groups excluding carboxylic acids is 1. The van der Waals surface area contributed by atoms with Crippen molar-refractivity contribution in [1.82, 2.24) is 4.90 Å². The second-order valence-corrected chi connectivity index (χ2v) is 3.59. The van der Waals surface area contributed by atoms with Crippen LogP contribution < -0.4 is 0 Å². The summed E-state index contributed by atoms with van der Waals surface area (Å²) in [5.41, 5.74) is 0. The van der Waals surface area contributed by atoms with Gasteiger partial charge < -0.3 is 4.90 Å². The molecule has 1 heterocycles. The first kappa shape index (κ1) is 10.3.